The fourth-order valence-corrected chi connectivity index (χ4v) is 4.01. The van der Waals surface area contributed by atoms with Crippen LogP contribution in [-0.2, 0) is 13.9 Å². The molecule has 0 heterocycles. The maximum absolute atomic E-state index is 10.5. The molecular weight excluding hydrogens is 340 g/mol. The molecule has 1 saturated carbocycles. The normalized spacial score (nSPS) is 30.0. The van der Waals surface area contributed by atoms with E-state index in [1.165, 1.54) is 0 Å². The molecular formula is C18H36O6Si. The first-order valence-corrected chi connectivity index (χ1v) is 11.8. The third kappa shape index (κ3) is 6.43. The highest BCUT2D eigenvalue weighted by Gasteiger charge is 2.46. The molecule has 1 rings (SSSR count). The Hall–Kier alpha value is -0.283. The summed E-state index contributed by atoms with van der Waals surface area (Å²) in [5.41, 5.74) is -0.528. The fraction of sp³-hybridized carbons (Fsp3) is 0.889. The number of hydrogen-bond donors (Lipinski definition) is 3. The molecule has 25 heavy (non-hydrogen) atoms. The van der Waals surface area contributed by atoms with E-state index in [-0.39, 0.29) is 31.3 Å². The third-order valence-corrected chi connectivity index (χ3v) is 9.76. The van der Waals surface area contributed by atoms with E-state index in [9.17, 15) is 15.3 Å². The number of hydrogen-bond acceptors (Lipinski definition) is 6. The smallest absolute Gasteiger partial charge is 0.192 e. The van der Waals surface area contributed by atoms with Crippen molar-refractivity contribution in [3.63, 3.8) is 0 Å². The first-order valence-electron chi connectivity index (χ1n) is 8.91. The van der Waals surface area contributed by atoms with Crippen molar-refractivity contribution in [2.45, 2.75) is 76.0 Å². The summed E-state index contributed by atoms with van der Waals surface area (Å²) in [6, 6.07) is 0. The number of aliphatic hydroxyl groups excluding tert-OH is 2. The highest BCUT2D eigenvalue weighted by atomic mass is 28.4. The molecule has 0 bridgehead atoms. The van der Waals surface area contributed by atoms with Gasteiger partial charge in [-0.1, -0.05) is 26.8 Å². The topological polar surface area (TPSA) is 88.4 Å². The molecule has 0 aliphatic heterocycles. The van der Waals surface area contributed by atoms with Crippen molar-refractivity contribution < 1.29 is 29.2 Å². The Labute approximate surface area is 152 Å². The van der Waals surface area contributed by atoms with Gasteiger partial charge in [0.15, 0.2) is 8.32 Å². The van der Waals surface area contributed by atoms with Gasteiger partial charge in [0.2, 0.25) is 0 Å². The Morgan fingerprint density at radius 1 is 1.28 bits per heavy atom. The molecule has 3 atom stereocenters. The second-order valence-electron chi connectivity index (χ2n) is 8.48. The van der Waals surface area contributed by atoms with Crippen molar-refractivity contribution in [1.29, 1.82) is 0 Å². The zero-order valence-corrected chi connectivity index (χ0v) is 17.5. The van der Waals surface area contributed by atoms with Gasteiger partial charge >= 0.3 is 0 Å². The van der Waals surface area contributed by atoms with Crippen LogP contribution in [0.3, 0.4) is 0 Å². The highest BCUT2D eigenvalue weighted by molar-refractivity contribution is 6.74. The number of ether oxygens (including phenoxy) is 2. The summed E-state index contributed by atoms with van der Waals surface area (Å²) in [4.78, 5) is 0. The number of aliphatic hydroxyl groups is 3. The molecule has 1 fully saturated rings. The first kappa shape index (κ1) is 22.8. The number of rotatable bonds is 8. The lowest BCUT2D eigenvalue weighted by molar-refractivity contribution is -0.0880. The predicted octanol–water partition coefficient (Wildman–Crippen LogP) is 2.19. The average molecular weight is 377 g/mol. The van der Waals surface area contributed by atoms with Crippen LogP contribution in [0, 0.1) is 0 Å². The molecule has 148 valence electrons. The van der Waals surface area contributed by atoms with Crippen molar-refractivity contribution in [2.24, 2.45) is 0 Å². The summed E-state index contributed by atoms with van der Waals surface area (Å²) in [6.45, 7) is 11.1. The van der Waals surface area contributed by atoms with E-state index in [0.717, 1.165) is 5.57 Å². The lowest BCUT2D eigenvalue weighted by Gasteiger charge is -2.46. The predicted molar refractivity (Wildman–Crippen MR) is 99.9 cm³/mol. The molecule has 0 saturated heterocycles. The molecule has 0 radical (unpaired) electrons. The Kier molecular flexibility index (Phi) is 8.26. The zero-order valence-electron chi connectivity index (χ0n) is 16.5. The molecule has 0 amide bonds. The van der Waals surface area contributed by atoms with Crippen LogP contribution in [0.1, 0.15) is 40.0 Å². The molecule has 1 aliphatic carbocycles. The molecule has 0 aromatic heterocycles. The van der Waals surface area contributed by atoms with Gasteiger partial charge in [0, 0.05) is 20.0 Å². The zero-order chi connectivity index (χ0) is 19.3. The monoisotopic (exact) mass is 376 g/mol. The van der Waals surface area contributed by atoms with E-state index >= 15 is 0 Å². The van der Waals surface area contributed by atoms with Crippen LogP contribution in [0.4, 0.5) is 0 Å². The molecule has 6 nitrogen and oxygen atoms in total. The van der Waals surface area contributed by atoms with Crippen molar-refractivity contribution in [3.05, 3.63) is 11.6 Å². The van der Waals surface area contributed by atoms with E-state index in [0.29, 0.717) is 13.0 Å². The van der Waals surface area contributed by atoms with E-state index in [1.807, 2.05) is 6.08 Å². The molecule has 3 N–H and O–H groups in total. The highest BCUT2D eigenvalue weighted by Crippen LogP contribution is 2.42. The average Bonchev–Trinajstić information content (AvgIpc) is 2.47. The minimum absolute atomic E-state index is 0.0133. The van der Waals surface area contributed by atoms with Gasteiger partial charge in [0.05, 0.1) is 31.0 Å². The lowest BCUT2D eigenvalue weighted by atomic mass is 9.78. The summed E-state index contributed by atoms with van der Waals surface area (Å²) in [7, 11) is -0.524. The van der Waals surface area contributed by atoms with Gasteiger partial charge in [-0.25, -0.2) is 0 Å². The third-order valence-electron chi connectivity index (χ3n) is 5.28. The van der Waals surface area contributed by atoms with Crippen molar-refractivity contribution in [3.8, 4) is 0 Å². The Morgan fingerprint density at radius 2 is 1.92 bits per heavy atom. The van der Waals surface area contributed by atoms with E-state index in [1.54, 1.807) is 7.11 Å². The van der Waals surface area contributed by atoms with Gasteiger partial charge in [0.25, 0.3) is 0 Å². The second-order valence-corrected chi connectivity index (χ2v) is 13.2. The van der Waals surface area contributed by atoms with Crippen LogP contribution in [0.25, 0.3) is 0 Å². The maximum atomic E-state index is 10.5. The van der Waals surface area contributed by atoms with Crippen LogP contribution in [0.2, 0.25) is 18.1 Å². The van der Waals surface area contributed by atoms with Gasteiger partial charge < -0.3 is 29.2 Å². The van der Waals surface area contributed by atoms with Crippen LogP contribution in [-0.4, -0.2) is 68.6 Å². The summed E-state index contributed by atoms with van der Waals surface area (Å²) >= 11 is 0. The van der Waals surface area contributed by atoms with E-state index < -0.39 is 26.1 Å². The van der Waals surface area contributed by atoms with Crippen LogP contribution in [0.15, 0.2) is 11.6 Å². The molecule has 0 aromatic rings. The standard InChI is InChI=1S/C18H36O6Si/c1-17(2,3)25(5,6)24-16-11-18(21,12-19)10-15(20)14(16)8-7-9-23-13-22-4/h8,15-16,19-21H,7,9-13H2,1-6H3/b14-8+/t15-,16-,18-/m1/s1. The van der Waals surface area contributed by atoms with Crippen LogP contribution >= 0.6 is 0 Å². The van der Waals surface area contributed by atoms with Gasteiger partial charge in [-0.3, -0.25) is 0 Å². The Bertz CT molecular complexity index is 445. The quantitative estimate of drug-likeness (QED) is 0.260. The summed E-state index contributed by atoms with van der Waals surface area (Å²) in [5.74, 6) is 0. The minimum Gasteiger partial charge on any atom is -0.410 e. The molecule has 1 aliphatic rings. The molecule has 0 unspecified atom stereocenters. The number of methoxy groups -OCH3 is 1. The minimum atomic E-state index is -2.10. The largest absolute Gasteiger partial charge is 0.410 e. The fourth-order valence-electron chi connectivity index (χ4n) is 2.73. The summed E-state index contributed by atoms with van der Waals surface area (Å²) < 4.78 is 16.6. The molecule has 7 heteroatoms. The Balaban J connectivity index is 2.95. The van der Waals surface area contributed by atoms with Gasteiger partial charge in [-0.05, 0) is 30.1 Å². The SMILES string of the molecule is COCOCC/C=C1\[C@H](O)C[C@](O)(CO)C[C@H]1O[Si](C)(C)C(C)(C)C. The van der Waals surface area contributed by atoms with Gasteiger partial charge in [0.1, 0.15) is 6.79 Å². The summed E-state index contributed by atoms with van der Waals surface area (Å²) in [5, 5.41) is 30.6. The van der Waals surface area contributed by atoms with Crippen LogP contribution < -0.4 is 0 Å². The van der Waals surface area contributed by atoms with E-state index in [2.05, 4.69) is 33.9 Å². The lowest BCUT2D eigenvalue weighted by Crippen LogP contribution is -2.53. The first-order chi connectivity index (χ1) is 11.5. The molecule has 0 aromatic carbocycles. The van der Waals surface area contributed by atoms with Crippen molar-refractivity contribution in [2.75, 3.05) is 27.1 Å². The van der Waals surface area contributed by atoms with Crippen LogP contribution in [0.5, 0.6) is 0 Å². The second kappa shape index (κ2) is 9.08. The summed E-state index contributed by atoms with van der Waals surface area (Å²) in [6.07, 6.45) is 1.75. The van der Waals surface area contributed by atoms with E-state index in [4.69, 9.17) is 13.9 Å². The van der Waals surface area contributed by atoms with Crippen molar-refractivity contribution >= 4 is 8.32 Å². The molecule has 0 spiro atoms. The van der Waals surface area contributed by atoms with Crippen molar-refractivity contribution in [1.82, 2.24) is 0 Å². The Morgan fingerprint density at radius 3 is 2.44 bits per heavy atom. The van der Waals surface area contributed by atoms with Gasteiger partial charge in [-0.2, -0.15) is 0 Å². The van der Waals surface area contributed by atoms with Gasteiger partial charge in [-0.15, -0.1) is 0 Å². The maximum Gasteiger partial charge on any atom is 0.192 e.